The number of ether oxygens (including phenoxy) is 1. The Kier molecular flexibility index (Phi) is 5.67. The minimum atomic E-state index is -1.13. The molecule has 2 aliphatic rings. The SMILES string of the molecule is CC[C@@H](CC(=O)NC1(C(=O)O)CC1)NC(=O)OCC1c2ccccc2-c2ccccc21. The molecule has 3 N–H and O–H groups in total. The van der Waals surface area contributed by atoms with E-state index in [-0.39, 0.29) is 24.9 Å². The number of hydrogen-bond donors (Lipinski definition) is 3. The van der Waals surface area contributed by atoms with Crippen molar-refractivity contribution in [1.29, 1.82) is 0 Å². The Bertz CT molecular complexity index is 969. The van der Waals surface area contributed by atoms with Gasteiger partial charge in [-0.1, -0.05) is 55.5 Å². The first kappa shape index (κ1) is 20.9. The largest absolute Gasteiger partial charge is 0.480 e. The van der Waals surface area contributed by atoms with Crippen LogP contribution in [0.25, 0.3) is 11.1 Å². The molecule has 0 radical (unpaired) electrons. The lowest BCUT2D eigenvalue weighted by Gasteiger charge is -2.20. The number of nitrogens with one attached hydrogen (secondary N) is 2. The van der Waals surface area contributed by atoms with Crippen LogP contribution in [-0.4, -0.2) is 41.3 Å². The van der Waals surface area contributed by atoms with Gasteiger partial charge in [-0.05, 0) is 41.5 Å². The monoisotopic (exact) mass is 422 g/mol. The van der Waals surface area contributed by atoms with Crippen LogP contribution in [0, 0.1) is 0 Å². The fourth-order valence-corrected chi connectivity index (χ4v) is 4.16. The van der Waals surface area contributed by atoms with Crippen molar-refractivity contribution in [1.82, 2.24) is 10.6 Å². The van der Waals surface area contributed by atoms with Crippen LogP contribution in [0.5, 0.6) is 0 Å². The second-order valence-corrected chi connectivity index (χ2v) is 8.21. The van der Waals surface area contributed by atoms with Crippen LogP contribution >= 0.6 is 0 Å². The molecule has 0 bridgehead atoms. The van der Waals surface area contributed by atoms with Crippen LogP contribution in [0.3, 0.4) is 0 Å². The van der Waals surface area contributed by atoms with Crippen molar-refractivity contribution >= 4 is 18.0 Å². The molecule has 1 atom stereocenters. The number of carboxylic acids is 1. The molecule has 1 fully saturated rings. The minimum absolute atomic E-state index is 0.00965. The van der Waals surface area contributed by atoms with E-state index in [2.05, 4.69) is 34.9 Å². The maximum atomic E-state index is 12.4. The highest BCUT2D eigenvalue weighted by Gasteiger charge is 2.51. The molecular weight excluding hydrogens is 396 g/mol. The van der Waals surface area contributed by atoms with Crippen LogP contribution in [0.4, 0.5) is 4.79 Å². The number of carboxylic acid groups (broad SMARTS) is 1. The summed E-state index contributed by atoms with van der Waals surface area (Å²) >= 11 is 0. The van der Waals surface area contributed by atoms with Crippen LogP contribution in [0.2, 0.25) is 0 Å². The van der Waals surface area contributed by atoms with Gasteiger partial charge in [0.25, 0.3) is 0 Å². The number of rotatable bonds is 8. The number of amides is 2. The summed E-state index contributed by atoms with van der Waals surface area (Å²) in [6, 6.07) is 15.8. The zero-order valence-corrected chi connectivity index (χ0v) is 17.4. The van der Waals surface area contributed by atoms with E-state index in [0.717, 1.165) is 22.3 Å². The summed E-state index contributed by atoms with van der Waals surface area (Å²) in [6.45, 7) is 2.05. The molecule has 0 unspecified atom stereocenters. The van der Waals surface area contributed by atoms with Gasteiger partial charge in [0.05, 0.1) is 0 Å². The van der Waals surface area contributed by atoms with Crippen LogP contribution in [0.1, 0.15) is 49.7 Å². The molecule has 0 heterocycles. The topological polar surface area (TPSA) is 105 Å². The second-order valence-electron chi connectivity index (χ2n) is 8.21. The summed E-state index contributed by atoms with van der Waals surface area (Å²) in [6.07, 6.45) is 0.823. The highest BCUT2D eigenvalue weighted by Crippen LogP contribution is 2.44. The first-order valence-corrected chi connectivity index (χ1v) is 10.6. The zero-order valence-electron chi connectivity index (χ0n) is 17.4. The Hall–Kier alpha value is -3.35. The van der Waals surface area contributed by atoms with Crippen molar-refractivity contribution in [3.05, 3.63) is 59.7 Å². The molecule has 0 saturated heterocycles. The summed E-state index contributed by atoms with van der Waals surface area (Å²) in [7, 11) is 0. The fourth-order valence-electron chi connectivity index (χ4n) is 4.16. The molecule has 7 heteroatoms. The standard InChI is InChI=1S/C24H26N2O5/c1-2-15(13-21(27)26-24(11-12-24)22(28)29)25-23(30)31-14-20-18-9-5-3-7-16(18)17-8-4-6-10-19(17)20/h3-10,15,20H,2,11-14H2,1H3,(H,25,30)(H,26,27)(H,28,29)/t15-/m0/s1. The Morgan fingerprint density at radius 3 is 2.16 bits per heavy atom. The predicted molar refractivity (Wildman–Crippen MR) is 115 cm³/mol. The third kappa shape index (κ3) is 4.26. The summed E-state index contributed by atoms with van der Waals surface area (Å²) < 4.78 is 5.53. The molecular formula is C24H26N2O5. The van der Waals surface area contributed by atoms with Gasteiger partial charge < -0.3 is 20.5 Å². The molecule has 7 nitrogen and oxygen atoms in total. The van der Waals surface area contributed by atoms with Gasteiger partial charge in [0.15, 0.2) is 0 Å². The summed E-state index contributed by atoms with van der Waals surface area (Å²) in [4.78, 5) is 35.9. The van der Waals surface area contributed by atoms with E-state index in [1.165, 1.54) is 0 Å². The average Bonchev–Trinajstić information content (AvgIpc) is 3.47. The Morgan fingerprint density at radius 1 is 1.06 bits per heavy atom. The van der Waals surface area contributed by atoms with Gasteiger partial charge in [-0.3, -0.25) is 4.79 Å². The highest BCUT2D eigenvalue weighted by molar-refractivity contribution is 5.89. The van der Waals surface area contributed by atoms with Crippen molar-refractivity contribution in [2.45, 2.75) is 50.1 Å². The molecule has 1 saturated carbocycles. The van der Waals surface area contributed by atoms with Gasteiger partial charge in [0.2, 0.25) is 5.91 Å². The van der Waals surface area contributed by atoms with E-state index in [1.807, 2.05) is 31.2 Å². The summed E-state index contributed by atoms with van der Waals surface area (Å²) in [5.41, 5.74) is 3.45. The number of benzene rings is 2. The van der Waals surface area contributed by atoms with E-state index in [9.17, 15) is 19.5 Å². The van der Waals surface area contributed by atoms with E-state index in [0.29, 0.717) is 19.3 Å². The van der Waals surface area contributed by atoms with Crippen LogP contribution < -0.4 is 10.6 Å². The third-order valence-electron chi connectivity index (χ3n) is 6.13. The zero-order chi connectivity index (χ0) is 22.0. The normalized spacial score (nSPS) is 16.5. The molecule has 0 aliphatic heterocycles. The number of hydrogen-bond acceptors (Lipinski definition) is 4. The lowest BCUT2D eigenvalue weighted by atomic mass is 9.98. The van der Waals surface area contributed by atoms with Gasteiger partial charge in [0, 0.05) is 18.4 Å². The van der Waals surface area contributed by atoms with Crippen LogP contribution in [-0.2, 0) is 14.3 Å². The fraction of sp³-hybridized carbons (Fsp3) is 0.375. The van der Waals surface area contributed by atoms with E-state index in [4.69, 9.17) is 4.74 Å². The van der Waals surface area contributed by atoms with Crippen molar-refractivity contribution in [2.75, 3.05) is 6.61 Å². The van der Waals surface area contributed by atoms with Gasteiger partial charge in [-0.2, -0.15) is 0 Å². The molecule has 4 rings (SSSR count). The Labute approximate surface area is 180 Å². The van der Waals surface area contributed by atoms with Gasteiger partial charge in [-0.25, -0.2) is 9.59 Å². The number of carbonyl (C=O) groups excluding carboxylic acids is 2. The maximum absolute atomic E-state index is 12.4. The van der Waals surface area contributed by atoms with E-state index in [1.54, 1.807) is 0 Å². The molecule has 31 heavy (non-hydrogen) atoms. The average molecular weight is 422 g/mol. The lowest BCUT2D eigenvalue weighted by molar-refractivity contribution is -0.143. The molecule has 2 aromatic rings. The van der Waals surface area contributed by atoms with Crippen molar-refractivity contribution < 1.29 is 24.2 Å². The van der Waals surface area contributed by atoms with Gasteiger partial charge >= 0.3 is 12.1 Å². The van der Waals surface area contributed by atoms with E-state index < -0.39 is 23.6 Å². The maximum Gasteiger partial charge on any atom is 0.407 e. The highest BCUT2D eigenvalue weighted by atomic mass is 16.5. The van der Waals surface area contributed by atoms with Gasteiger partial charge in [0.1, 0.15) is 12.1 Å². The quantitative estimate of drug-likeness (QED) is 0.605. The first-order chi connectivity index (χ1) is 14.9. The molecule has 2 aromatic carbocycles. The molecule has 162 valence electrons. The Balaban J connectivity index is 1.33. The summed E-state index contributed by atoms with van der Waals surface area (Å²) in [5, 5.41) is 14.5. The predicted octanol–water partition coefficient (Wildman–Crippen LogP) is 3.43. The molecule has 0 aromatic heterocycles. The second kappa shape index (κ2) is 8.41. The first-order valence-electron chi connectivity index (χ1n) is 10.6. The third-order valence-corrected chi connectivity index (χ3v) is 6.13. The van der Waals surface area contributed by atoms with Crippen molar-refractivity contribution in [3.63, 3.8) is 0 Å². The smallest absolute Gasteiger partial charge is 0.407 e. The molecule has 2 aliphatic carbocycles. The van der Waals surface area contributed by atoms with Crippen LogP contribution in [0.15, 0.2) is 48.5 Å². The molecule has 0 spiro atoms. The Morgan fingerprint density at radius 2 is 1.65 bits per heavy atom. The number of aliphatic carboxylic acids is 1. The summed E-state index contributed by atoms with van der Waals surface area (Å²) in [5.74, 6) is -1.43. The number of carbonyl (C=O) groups is 3. The number of fused-ring (bicyclic) bond motifs is 3. The minimum Gasteiger partial charge on any atom is -0.480 e. The van der Waals surface area contributed by atoms with Crippen molar-refractivity contribution in [2.24, 2.45) is 0 Å². The molecule has 2 amide bonds. The lowest BCUT2D eigenvalue weighted by Crippen LogP contribution is -2.46. The number of alkyl carbamates (subject to hydrolysis) is 1. The van der Waals surface area contributed by atoms with E-state index >= 15 is 0 Å². The van der Waals surface area contributed by atoms with Gasteiger partial charge in [-0.15, -0.1) is 0 Å². The van der Waals surface area contributed by atoms with Crippen molar-refractivity contribution in [3.8, 4) is 11.1 Å².